The van der Waals surface area contributed by atoms with E-state index < -0.39 is 11.7 Å². The molecule has 0 atom stereocenters. The Morgan fingerprint density at radius 3 is 2.46 bits per heavy atom. The molecular weight excluding hydrogens is 354 g/mol. The molecule has 0 spiro atoms. The van der Waals surface area contributed by atoms with Crippen LogP contribution in [0.15, 0.2) is 18.2 Å². The first-order valence-corrected chi connectivity index (χ1v) is 9.29. The van der Waals surface area contributed by atoms with Gasteiger partial charge in [0.1, 0.15) is 5.60 Å². The molecule has 7 heteroatoms. The van der Waals surface area contributed by atoms with Gasteiger partial charge in [-0.15, -0.1) is 0 Å². The summed E-state index contributed by atoms with van der Waals surface area (Å²) in [7, 11) is 0. The second kappa shape index (κ2) is 8.62. The van der Waals surface area contributed by atoms with Crippen molar-refractivity contribution in [3.05, 3.63) is 28.8 Å². The van der Waals surface area contributed by atoms with Crippen LogP contribution in [0.25, 0.3) is 0 Å². The van der Waals surface area contributed by atoms with Gasteiger partial charge in [0.25, 0.3) is 0 Å². The summed E-state index contributed by atoms with van der Waals surface area (Å²) < 4.78 is 5.16. The first-order chi connectivity index (χ1) is 12.2. The number of aryl methyl sites for hydroxylation is 1. The highest BCUT2D eigenvalue weighted by atomic mass is 35.5. The summed E-state index contributed by atoms with van der Waals surface area (Å²) in [6.45, 7) is 10.6. The van der Waals surface area contributed by atoms with Crippen LogP contribution in [0.3, 0.4) is 0 Å². The fourth-order valence-electron chi connectivity index (χ4n) is 2.86. The average Bonchev–Trinajstić information content (AvgIpc) is 2.55. The molecule has 1 aromatic rings. The van der Waals surface area contributed by atoms with E-state index >= 15 is 0 Å². The summed E-state index contributed by atoms with van der Waals surface area (Å²) in [5.74, 6) is 0.0449. The van der Waals surface area contributed by atoms with Crippen molar-refractivity contribution in [2.75, 3.05) is 37.6 Å². The van der Waals surface area contributed by atoms with Gasteiger partial charge in [-0.25, -0.2) is 4.79 Å². The van der Waals surface area contributed by atoms with E-state index in [1.54, 1.807) is 20.8 Å². The van der Waals surface area contributed by atoms with Crippen molar-refractivity contribution in [2.24, 2.45) is 0 Å². The number of amides is 2. The smallest absolute Gasteiger partial charge is 0.407 e. The van der Waals surface area contributed by atoms with Gasteiger partial charge in [0, 0.05) is 49.9 Å². The van der Waals surface area contributed by atoms with Crippen molar-refractivity contribution in [1.82, 2.24) is 10.2 Å². The topological polar surface area (TPSA) is 61.9 Å². The molecule has 0 aromatic heterocycles. The van der Waals surface area contributed by atoms with Crippen molar-refractivity contribution in [2.45, 2.75) is 39.7 Å². The van der Waals surface area contributed by atoms with E-state index in [4.69, 9.17) is 16.3 Å². The fraction of sp³-hybridized carbons (Fsp3) is 0.579. The van der Waals surface area contributed by atoms with Crippen LogP contribution in [-0.2, 0) is 9.53 Å². The van der Waals surface area contributed by atoms with Crippen LogP contribution in [-0.4, -0.2) is 55.2 Å². The number of carbonyl (C=O) groups is 2. The highest BCUT2D eigenvalue weighted by molar-refractivity contribution is 6.30. The number of alkyl carbamates (subject to hydrolysis) is 1. The predicted octanol–water partition coefficient (Wildman–Crippen LogP) is 3.21. The lowest BCUT2D eigenvalue weighted by molar-refractivity contribution is -0.131. The maximum Gasteiger partial charge on any atom is 0.407 e. The first-order valence-electron chi connectivity index (χ1n) is 8.91. The van der Waals surface area contributed by atoms with Gasteiger partial charge in [0.2, 0.25) is 5.91 Å². The normalized spacial score (nSPS) is 15.0. The van der Waals surface area contributed by atoms with E-state index in [9.17, 15) is 9.59 Å². The third kappa shape index (κ3) is 6.09. The highest BCUT2D eigenvalue weighted by Crippen LogP contribution is 2.25. The molecule has 1 aromatic carbocycles. The molecule has 1 fully saturated rings. The van der Waals surface area contributed by atoms with Crippen molar-refractivity contribution in [3.63, 3.8) is 0 Å². The van der Waals surface area contributed by atoms with Crippen molar-refractivity contribution >= 4 is 29.3 Å². The van der Waals surface area contributed by atoms with Crippen molar-refractivity contribution in [3.8, 4) is 0 Å². The SMILES string of the molecule is Cc1ccc(Cl)cc1N1CCN(C(=O)CCNC(=O)OC(C)(C)C)CC1. The summed E-state index contributed by atoms with van der Waals surface area (Å²) in [4.78, 5) is 28.0. The highest BCUT2D eigenvalue weighted by Gasteiger charge is 2.22. The van der Waals surface area contributed by atoms with Gasteiger partial charge in [0.05, 0.1) is 0 Å². The molecule has 0 aliphatic carbocycles. The lowest BCUT2D eigenvalue weighted by atomic mass is 10.1. The fourth-order valence-corrected chi connectivity index (χ4v) is 3.03. The van der Waals surface area contributed by atoms with Gasteiger partial charge in [-0.2, -0.15) is 0 Å². The Morgan fingerprint density at radius 2 is 1.85 bits per heavy atom. The van der Waals surface area contributed by atoms with Gasteiger partial charge in [0.15, 0.2) is 0 Å². The Balaban J connectivity index is 1.76. The molecule has 1 saturated heterocycles. The monoisotopic (exact) mass is 381 g/mol. The van der Waals surface area contributed by atoms with Gasteiger partial charge < -0.3 is 19.9 Å². The third-order valence-corrected chi connectivity index (χ3v) is 4.39. The Morgan fingerprint density at radius 1 is 1.19 bits per heavy atom. The Kier molecular flexibility index (Phi) is 6.75. The molecule has 0 bridgehead atoms. The molecule has 2 rings (SSSR count). The zero-order valence-electron chi connectivity index (χ0n) is 16.0. The van der Waals surface area contributed by atoms with Gasteiger partial charge >= 0.3 is 6.09 Å². The summed E-state index contributed by atoms with van der Waals surface area (Å²) >= 11 is 6.10. The van der Waals surface area contributed by atoms with Gasteiger partial charge in [-0.1, -0.05) is 17.7 Å². The maximum atomic E-state index is 12.3. The first kappa shape index (κ1) is 20.4. The van der Waals surface area contributed by atoms with E-state index in [0.717, 1.165) is 23.8 Å². The van der Waals surface area contributed by atoms with E-state index in [1.807, 2.05) is 23.1 Å². The minimum absolute atomic E-state index is 0.0449. The number of hydrogen-bond acceptors (Lipinski definition) is 4. The number of benzene rings is 1. The molecule has 6 nitrogen and oxygen atoms in total. The summed E-state index contributed by atoms with van der Waals surface area (Å²) in [6, 6.07) is 5.87. The molecule has 1 aliphatic rings. The largest absolute Gasteiger partial charge is 0.444 e. The molecule has 0 radical (unpaired) electrons. The number of nitrogens with zero attached hydrogens (tertiary/aromatic N) is 2. The molecule has 1 heterocycles. The van der Waals surface area contributed by atoms with Crippen LogP contribution >= 0.6 is 11.6 Å². The number of carbonyl (C=O) groups excluding carboxylic acids is 2. The minimum atomic E-state index is -0.539. The second-order valence-corrected chi connectivity index (χ2v) is 7.91. The standard InChI is InChI=1S/C19H28ClN3O3/c1-14-5-6-15(20)13-16(14)22-9-11-23(12-10-22)17(24)7-8-21-18(25)26-19(2,3)4/h5-6,13H,7-12H2,1-4H3,(H,21,25). The van der Waals surface area contributed by atoms with E-state index in [0.29, 0.717) is 13.1 Å². The number of hydrogen-bond donors (Lipinski definition) is 1. The summed E-state index contributed by atoms with van der Waals surface area (Å²) in [5.41, 5.74) is 1.76. The van der Waals surface area contributed by atoms with Crippen LogP contribution < -0.4 is 10.2 Å². The minimum Gasteiger partial charge on any atom is -0.444 e. The van der Waals surface area contributed by atoms with Crippen LogP contribution in [0, 0.1) is 6.92 Å². The zero-order valence-corrected chi connectivity index (χ0v) is 16.7. The molecule has 1 aliphatic heterocycles. The van der Waals surface area contributed by atoms with Gasteiger partial charge in [-0.05, 0) is 45.4 Å². The number of ether oxygens (including phenoxy) is 1. The Bertz CT molecular complexity index is 650. The van der Waals surface area contributed by atoms with Crippen LogP contribution in [0.1, 0.15) is 32.8 Å². The quantitative estimate of drug-likeness (QED) is 0.869. The predicted molar refractivity (Wildman–Crippen MR) is 104 cm³/mol. The molecule has 1 N–H and O–H groups in total. The molecule has 144 valence electrons. The summed E-state index contributed by atoms with van der Waals surface area (Å²) in [5, 5.41) is 3.34. The molecule has 0 unspecified atom stereocenters. The molecule has 0 saturated carbocycles. The van der Waals surface area contributed by atoms with Crippen LogP contribution in [0.4, 0.5) is 10.5 Å². The molecule has 26 heavy (non-hydrogen) atoms. The number of halogens is 1. The number of piperazine rings is 1. The van der Waals surface area contributed by atoms with Gasteiger partial charge in [-0.3, -0.25) is 4.79 Å². The summed E-state index contributed by atoms with van der Waals surface area (Å²) in [6.07, 6.45) is -0.221. The van der Waals surface area contributed by atoms with Crippen molar-refractivity contribution in [1.29, 1.82) is 0 Å². The van der Waals surface area contributed by atoms with Crippen LogP contribution in [0.2, 0.25) is 5.02 Å². The Labute approximate surface area is 160 Å². The number of anilines is 1. The van der Waals surface area contributed by atoms with Crippen LogP contribution in [0.5, 0.6) is 0 Å². The van der Waals surface area contributed by atoms with E-state index in [2.05, 4.69) is 17.1 Å². The molecule has 2 amide bonds. The number of rotatable bonds is 4. The van der Waals surface area contributed by atoms with E-state index in [1.165, 1.54) is 5.56 Å². The lowest BCUT2D eigenvalue weighted by Crippen LogP contribution is -2.49. The maximum absolute atomic E-state index is 12.3. The van der Waals surface area contributed by atoms with Crippen molar-refractivity contribution < 1.29 is 14.3 Å². The Hall–Kier alpha value is -1.95. The second-order valence-electron chi connectivity index (χ2n) is 7.48. The third-order valence-electron chi connectivity index (χ3n) is 4.15. The molecular formula is C19H28ClN3O3. The van der Waals surface area contributed by atoms with E-state index in [-0.39, 0.29) is 18.9 Å². The lowest BCUT2D eigenvalue weighted by Gasteiger charge is -2.37. The average molecular weight is 382 g/mol. The zero-order chi connectivity index (χ0) is 19.3. The number of nitrogens with one attached hydrogen (secondary N) is 1.